The molecule has 0 heterocycles. The van der Waals surface area contributed by atoms with Crippen LogP contribution in [0.4, 0.5) is 11.4 Å². The number of anilines is 2. The molecule has 0 saturated carbocycles. The predicted octanol–water partition coefficient (Wildman–Crippen LogP) is 2.34. The standard InChI is InChI=1S/C15H25N3O2/c1-4-9-18(2)10-5-6-15(19)17-13-8-7-12(16)11-14(13)20-3/h7-8,11H,4-6,9-10,16H2,1-3H3,(H,17,19). The summed E-state index contributed by atoms with van der Waals surface area (Å²) < 4.78 is 5.20. The van der Waals surface area contributed by atoms with Crippen LogP contribution in [-0.2, 0) is 4.79 Å². The number of carbonyl (C=O) groups excluding carboxylic acids is 1. The highest BCUT2D eigenvalue weighted by Crippen LogP contribution is 2.26. The van der Waals surface area contributed by atoms with Gasteiger partial charge in [0.1, 0.15) is 5.75 Å². The lowest BCUT2D eigenvalue weighted by atomic mass is 10.2. The van der Waals surface area contributed by atoms with Crippen LogP contribution in [0.5, 0.6) is 5.75 Å². The smallest absolute Gasteiger partial charge is 0.224 e. The largest absolute Gasteiger partial charge is 0.494 e. The van der Waals surface area contributed by atoms with Crippen molar-refractivity contribution in [3.63, 3.8) is 0 Å². The van der Waals surface area contributed by atoms with Crippen LogP contribution >= 0.6 is 0 Å². The van der Waals surface area contributed by atoms with Crippen molar-refractivity contribution < 1.29 is 9.53 Å². The summed E-state index contributed by atoms with van der Waals surface area (Å²) in [5, 5.41) is 2.86. The van der Waals surface area contributed by atoms with Crippen molar-refractivity contribution >= 4 is 17.3 Å². The fourth-order valence-electron chi connectivity index (χ4n) is 2.03. The number of rotatable bonds is 8. The van der Waals surface area contributed by atoms with Gasteiger partial charge < -0.3 is 20.7 Å². The number of hydrogen-bond donors (Lipinski definition) is 2. The lowest BCUT2D eigenvalue weighted by Gasteiger charge is -2.15. The van der Waals surface area contributed by atoms with Gasteiger partial charge >= 0.3 is 0 Å². The van der Waals surface area contributed by atoms with Crippen LogP contribution in [0, 0.1) is 0 Å². The summed E-state index contributed by atoms with van der Waals surface area (Å²) in [6.07, 6.45) is 2.48. The van der Waals surface area contributed by atoms with E-state index in [1.807, 2.05) is 0 Å². The van der Waals surface area contributed by atoms with Crippen molar-refractivity contribution in [3.05, 3.63) is 18.2 Å². The second kappa shape index (κ2) is 8.43. The maximum atomic E-state index is 11.9. The average molecular weight is 279 g/mol. The Hall–Kier alpha value is -1.75. The van der Waals surface area contributed by atoms with Gasteiger partial charge in [-0.1, -0.05) is 6.92 Å². The van der Waals surface area contributed by atoms with Gasteiger partial charge in [-0.25, -0.2) is 0 Å². The molecule has 112 valence electrons. The van der Waals surface area contributed by atoms with E-state index in [1.165, 1.54) is 0 Å². The first-order chi connectivity index (χ1) is 9.56. The molecule has 3 N–H and O–H groups in total. The molecule has 0 aliphatic carbocycles. The summed E-state index contributed by atoms with van der Waals surface area (Å²) >= 11 is 0. The molecule has 0 spiro atoms. The van der Waals surface area contributed by atoms with Gasteiger partial charge in [-0.3, -0.25) is 4.79 Å². The van der Waals surface area contributed by atoms with E-state index >= 15 is 0 Å². The lowest BCUT2D eigenvalue weighted by Crippen LogP contribution is -2.22. The quantitative estimate of drug-likeness (QED) is 0.717. The van der Waals surface area contributed by atoms with Gasteiger partial charge in [0.25, 0.3) is 0 Å². The highest BCUT2D eigenvalue weighted by molar-refractivity contribution is 5.92. The molecule has 0 fully saturated rings. The first-order valence-corrected chi connectivity index (χ1v) is 6.98. The monoisotopic (exact) mass is 279 g/mol. The first kappa shape index (κ1) is 16.3. The number of amides is 1. The second-order valence-corrected chi connectivity index (χ2v) is 4.91. The fraction of sp³-hybridized carbons (Fsp3) is 0.533. The van der Waals surface area contributed by atoms with Gasteiger partial charge in [0.05, 0.1) is 12.8 Å². The van der Waals surface area contributed by atoms with Crippen molar-refractivity contribution in [2.24, 2.45) is 0 Å². The number of nitrogens with one attached hydrogen (secondary N) is 1. The molecule has 5 heteroatoms. The van der Waals surface area contributed by atoms with Crippen molar-refractivity contribution in [2.75, 3.05) is 38.3 Å². The van der Waals surface area contributed by atoms with Gasteiger partial charge in [-0.15, -0.1) is 0 Å². The lowest BCUT2D eigenvalue weighted by molar-refractivity contribution is -0.116. The van der Waals surface area contributed by atoms with Crippen molar-refractivity contribution in [1.82, 2.24) is 4.90 Å². The summed E-state index contributed by atoms with van der Waals surface area (Å²) in [5.74, 6) is 0.583. The highest BCUT2D eigenvalue weighted by Gasteiger charge is 2.08. The number of hydrogen-bond acceptors (Lipinski definition) is 4. The molecule has 1 rings (SSSR count). The molecule has 0 bridgehead atoms. The number of methoxy groups -OCH3 is 1. The zero-order valence-corrected chi connectivity index (χ0v) is 12.6. The third-order valence-corrected chi connectivity index (χ3v) is 3.05. The van der Waals surface area contributed by atoms with Crippen LogP contribution in [-0.4, -0.2) is 38.1 Å². The summed E-state index contributed by atoms with van der Waals surface area (Å²) in [5.41, 5.74) is 6.95. The second-order valence-electron chi connectivity index (χ2n) is 4.91. The zero-order valence-electron chi connectivity index (χ0n) is 12.6. The molecule has 0 aliphatic heterocycles. The molecule has 1 amide bonds. The third-order valence-electron chi connectivity index (χ3n) is 3.05. The number of nitrogens with two attached hydrogens (primary N) is 1. The van der Waals surface area contributed by atoms with Crippen LogP contribution in [0.25, 0.3) is 0 Å². The van der Waals surface area contributed by atoms with Crippen molar-refractivity contribution in [3.8, 4) is 5.75 Å². The van der Waals surface area contributed by atoms with E-state index in [4.69, 9.17) is 10.5 Å². The molecule has 0 aromatic heterocycles. The minimum atomic E-state index is -0.00188. The van der Waals surface area contributed by atoms with E-state index in [9.17, 15) is 4.79 Å². The summed E-state index contributed by atoms with van der Waals surface area (Å²) in [6.45, 7) is 4.14. The van der Waals surface area contributed by atoms with Gasteiger partial charge in [0, 0.05) is 18.2 Å². The number of nitrogen functional groups attached to an aromatic ring is 1. The molecule has 0 aliphatic rings. The van der Waals surface area contributed by atoms with Crippen LogP contribution < -0.4 is 15.8 Å². The van der Waals surface area contributed by atoms with E-state index in [-0.39, 0.29) is 5.91 Å². The first-order valence-electron chi connectivity index (χ1n) is 6.98. The molecule has 0 unspecified atom stereocenters. The topological polar surface area (TPSA) is 67.6 Å². The maximum Gasteiger partial charge on any atom is 0.224 e. The molecule has 1 aromatic rings. The molecule has 0 saturated heterocycles. The van der Waals surface area contributed by atoms with E-state index in [1.54, 1.807) is 25.3 Å². The number of benzene rings is 1. The Kier molecular flexibility index (Phi) is 6.87. The highest BCUT2D eigenvalue weighted by atomic mass is 16.5. The van der Waals surface area contributed by atoms with Crippen LogP contribution in [0.15, 0.2) is 18.2 Å². The molecule has 0 atom stereocenters. The summed E-state index contributed by atoms with van der Waals surface area (Å²) in [6, 6.07) is 5.20. The number of carbonyl (C=O) groups is 1. The third kappa shape index (κ3) is 5.48. The average Bonchev–Trinajstić information content (AvgIpc) is 2.41. The van der Waals surface area contributed by atoms with E-state index in [0.29, 0.717) is 23.5 Å². The van der Waals surface area contributed by atoms with Crippen LogP contribution in [0.3, 0.4) is 0 Å². The summed E-state index contributed by atoms with van der Waals surface area (Å²) in [7, 11) is 3.63. The van der Waals surface area contributed by atoms with E-state index in [0.717, 1.165) is 25.9 Å². The number of ether oxygens (including phenoxy) is 1. The minimum absolute atomic E-state index is 0.00188. The molecule has 0 radical (unpaired) electrons. The number of nitrogens with zero attached hydrogens (tertiary/aromatic N) is 1. The van der Waals surface area contributed by atoms with Gasteiger partial charge in [-0.2, -0.15) is 0 Å². The van der Waals surface area contributed by atoms with Crippen molar-refractivity contribution in [2.45, 2.75) is 26.2 Å². The Morgan fingerprint density at radius 2 is 2.15 bits per heavy atom. The van der Waals surface area contributed by atoms with Gasteiger partial charge in [-0.05, 0) is 45.1 Å². The molecule has 1 aromatic carbocycles. The Bertz CT molecular complexity index is 435. The molecule has 5 nitrogen and oxygen atoms in total. The molecular formula is C15H25N3O2. The Labute approximate surface area is 121 Å². The van der Waals surface area contributed by atoms with Gasteiger partial charge in [0.15, 0.2) is 0 Å². The Morgan fingerprint density at radius 1 is 1.40 bits per heavy atom. The Morgan fingerprint density at radius 3 is 2.80 bits per heavy atom. The van der Waals surface area contributed by atoms with E-state index < -0.39 is 0 Å². The molecular weight excluding hydrogens is 254 g/mol. The fourth-order valence-corrected chi connectivity index (χ4v) is 2.03. The maximum absolute atomic E-state index is 11.9. The summed E-state index contributed by atoms with van der Waals surface area (Å²) in [4.78, 5) is 14.1. The normalized spacial score (nSPS) is 10.6. The van der Waals surface area contributed by atoms with E-state index in [2.05, 4.69) is 24.2 Å². The van der Waals surface area contributed by atoms with Crippen LogP contribution in [0.2, 0.25) is 0 Å². The van der Waals surface area contributed by atoms with Crippen molar-refractivity contribution in [1.29, 1.82) is 0 Å². The molecule has 20 heavy (non-hydrogen) atoms. The van der Waals surface area contributed by atoms with Crippen LogP contribution in [0.1, 0.15) is 26.2 Å². The Balaban J connectivity index is 2.42. The predicted molar refractivity (Wildman–Crippen MR) is 83.1 cm³/mol. The van der Waals surface area contributed by atoms with Gasteiger partial charge in [0.2, 0.25) is 5.91 Å². The minimum Gasteiger partial charge on any atom is -0.494 e. The SMILES string of the molecule is CCCN(C)CCCC(=O)Nc1ccc(N)cc1OC. The zero-order chi connectivity index (χ0) is 15.0.